The normalized spacial score (nSPS) is 20.0. The molecule has 0 saturated carbocycles. The first-order valence-electron chi connectivity index (χ1n) is 12.1. The Hall–Kier alpha value is -2.85. The van der Waals surface area contributed by atoms with Gasteiger partial charge in [-0.15, -0.1) is 0 Å². The summed E-state index contributed by atoms with van der Waals surface area (Å²) in [5.41, 5.74) is 1.19. The van der Waals surface area contributed by atoms with E-state index in [0.29, 0.717) is 23.7 Å². The van der Waals surface area contributed by atoms with Crippen molar-refractivity contribution in [1.29, 1.82) is 0 Å². The van der Waals surface area contributed by atoms with Crippen LogP contribution in [0.15, 0.2) is 22.7 Å². The first kappa shape index (κ1) is 22.9. The summed E-state index contributed by atoms with van der Waals surface area (Å²) in [6, 6.07) is 4.99. The molecule has 0 aliphatic carbocycles. The second kappa shape index (κ2) is 9.79. The van der Waals surface area contributed by atoms with Crippen molar-refractivity contribution in [2.75, 3.05) is 46.4 Å². The number of rotatable bonds is 7. The Morgan fingerprint density at radius 3 is 2.82 bits per heavy atom. The monoisotopic (exact) mass is 470 g/mol. The molecule has 9 nitrogen and oxygen atoms in total. The van der Waals surface area contributed by atoms with Crippen LogP contribution in [0.25, 0.3) is 16.9 Å². The summed E-state index contributed by atoms with van der Waals surface area (Å²) in [5, 5.41) is 9.45. The topological polar surface area (TPSA) is 89.5 Å². The maximum absolute atomic E-state index is 14.6. The third-order valence-electron chi connectivity index (χ3n) is 7.05. The largest absolute Gasteiger partial charge is 0.375 e. The number of nitrogens with zero attached hydrogens (tertiary/aromatic N) is 6. The molecule has 34 heavy (non-hydrogen) atoms. The van der Waals surface area contributed by atoms with Crippen molar-refractivity contribution in [2.24, 2.45) is 5.92 Å². The lowest BCUT2D eigenvalue weighted by atomic mass is 9.95. The molecule has 2 fully saturated rings. The molecule has 0 unspecified atom stereocenters. The van der Waals surface area contributed by atoms with Crippen molar-refractivity contribution in [3.63, 3.8) is 0 Å². The number of hydrogen-bond donors (Lipinski definition) is 0. The lowest BCUT2D eigenvalue weighted by Crippen LogP contribution is -2.38. The molecule has 5 rings (SSSR count). The quantitative estimate of drug-likeness (QED) is 0.525. The number of benzene rings is 1. The SMILES string of the molecule is CCc1nn(-c2noc(C3CCN(C[C@H]4CCN(C(=O)COC)C4)CC3)n2)c2c(F)cccc12. The minimum atomic E-state index is -0.348. The lowest BCUT2D eigenvalue weighted by molar-refractivity contribution is -0.134. The highest BCUT2D eigenvalue weighted by molar-refractivity contribution is 5.83. The standard InChI is InChI=1S/C24H31FN6O3/c1-3-20-18-5-4-6-19(25)22(18)31(27-20)24-26-23(34-28-24)17-8-10-29(11-9-17)13-16-7-12-30(14-16)21(32)15-33-2/h4-6,16-17H,3,7-15H2,1-2H3/t16-/m1/s1. The average molecular weight is 471 g/mol. The van der Waals surface area contributed by atoms with Crippen LogP contribution in [-0.4, -0.2) is 82.1 Å². The maximum atomic E-state index is 14.6. The summed E-state index contributed by atoms with van der Waals surface area (Å²) in [6.45, 7) is 6.67. The third-order valence-corrected chi connectivity index (χ3v) is 7.05. The number of ether oxygens (including phenoxy) is 1. The Bertz CT molecular complexity index is 1150. The maximum Gasteiger partial charge on any atom is 0.291 e. The van der Waals surface area contributed by atoms with E-state index in [1.165, 1.54) is 10.7 Å². The molecule has 1 aromatic carbocycles. The van der Waals surface area contributed by atoms with Crippen LogP contribution in [0.3, 0.4) is 0 Å². The Labute approximate surface area is 197 Å². The molecule has 0 spiro atoms. The fourth-order valence-electron chi connectivity index (χ4n) is 5.22. The fraction of sp³-hybridized carbons (Fsp3) is 0.583. The van der Waals surface area contributed by atoms with Crippen molar-refractivity contribution in [3.8, 4) is 5.95 Å². The molecule has 0 N–H and O–H groups in total. The zero-order chi connectivity index (χ0) is 23.7. The first-order chi connectivity index (χ1) is 16.6. The van der Waals surface area contributed by atoms with Gasteiger partial charge >= 0.3 is 0 Å². The van der Waals surface area contributed by atoms with Crippen LogP contribution >= 0.6 is 0 Å². The van der Waals surface area contributed by atoms with E-state index in [2.05, 4.69) is 20.1 Å². The Morgan fingerprint density at radius 1 is 1.24 bits per heavy atom. The molecule has 0 radical (unpaired) electrons. The van der Waals surface area contributed by atoms with Crippen molar-refractivity contribution in [1.82, 2.24) is 29.7 Å². The van der Waals surface area contributed by atoms with Gasteiger partial charge < -0.3 is 19.1 Å². The van der Waals surface area contributed by atoms with E-state index in [-0.39, 0.29) is 30.2 Å². The number of methoxy groups -OCH3 is 1. The molecule has 4 heterocycles. The first-order valence-corrected chi connectivity index (χ1v) is 12.1. The highest BCUT2D eigenvalue weighted by atomic mass is 19.1. The number of halogens is 1. The molecule has 1 atom stereocenters. The Balaban J connectivity index is 1.20. The van der Waals surface area contributed by atoms with Crippen LogP contribution in [0.2, 0.25) is 0 Å². The van der Waals surface area contributed by atoms with Gasteiger partial charge in [-0.05, 0) is 55.9 Å². The predicted molar refractivity (Wildman–Crippen MR) is 123 cm³/mol. The summed E-state index contributed by atoms with van der Waals surface area (Å²) >= 11 is 0. The second-order valence-electron chi connectivity index (χ2n) is 9.28. The van der Waals surface area contributed by atoms with E-state index < -0.39 is 0 Å². The van der Waals surface area contributed by atoms with Gasteiger partial charge in [-0.2, -0.15) is 14.8 Å². The number of aromatic nitrogens is 4. The minimum absolute atomic E-state index is 0.0757. The Morgan fingerprint density at radius 2 is 2.06 bits per heavy atom. The van der Waals surface area contributed by atoms with Gasteiger partial charge in [-0.3, -0.25) is 4.79 Å². The van der Waals surface area contributed by atoms with Gasteiger partial charge in [-0.1, -0.05) is 19.1 Å². The highest BCUT2D eigenvalue weighted by Crippen LogP contribution is 2.30. The van der Waals surface area contributed by atoms with Crippen LogP contribution in [0.1, 0.15) is 43.7 Å². The summed E-state index contributed by atoms with van der Waals surface area (Å²) < 4.78 is 26.6. The number of carbonyl (C=O) groups excluding carboxylic acids is 1. The van der Waals surface area contributed by atoms with Gasteiger partial charge in [0.2, 0.25) is 11.8 Å². The molecule has 2 aliphatic heterocycles. The van der Waals surface area contributed by atoms with Gasteiger partial charge in [0.05, 0.1) is 5.69 Å². The van der Waals surface area contributed by atoms with Crippen LogP contribution in [0.4, 0.5) is 4.39 Å². The fourth-order valence-corrected chi connectivity index (χ4v) is 5.22. The van der Waals surface area contributed by atoms with Gasteiger partial charge in [0.1, 0.15) is 17.9 Å². The van der Waals surface area contributed by atoms with Gasteiger partial charge in [0.15, 0.2) is 0 Å². The molecule has 0 bridgehead atoms. The van der Waals surface area contributed by atoms with Crippen LogP contribution in [0.5, 0.6) is 0 Å². The lowest BCUT2D eigenvalue weighted by Gasteiger charge is -2.32. The average Bonchev–Trinajstić information content (AvgIpc) is 3.58. The van der Waals surface area contributed by atoms with E-state index in [1.54, 1.807) is 13.2 Å². The van der Waals surface area contributed by atoms with E-state index in [1.807, 2.05) is 17.9 Å². The molecule has 2 saturated heterocycles. The number of hydrogen-bond acceptors (Lipinski definition) is 7. The molecule has 3 aromatic rings. The second-order valence-corrected chi connectivity index (χ2v) is 9.28. The smallest absolute Gasteiger partial charge is 0.291 e. The van der Waals surface area contributed by atoms with Gasteiger partial charge in [0, 0.05) is 38.0 Å². The van der Waals surface area contributed by atoms with Gasteiger partial charge in [0.25, 0.3) is 5.95 Å². The summed E-state index contributed by atoms with van der Waals surface area (Å²) in [7, 11) is 1.56. The third kappa shape index (κ3) is 4.44. The number of para-hydroxylation sites is 1. The molecule has 182 valence electrons. The minimum Gasteiger partial charge on any atom is -0.375 e. The Kier molecular flexibility index (Phi) is 6.60. The summed E-state index contributed by atoms with van der Waals surface area (Å²) in [4.78, 5) is 21.0. The van der Waals surface area contributed by atoms with Crippen molar-refractivity contribution >= 4 is 16.8 Å². The number of aryl methyl sites for hydroxylation is 1. The molecular formula is C24H31FN6O3. The highest BCUT2D eigenvalue weighted by Gasteiger charge is 2.31. The van der Waals surface area contributed by atoms with E-state index >= 15 is 0 Å². The molecule has 1 amide bonds. The van der Waals surface area contributed by atoms with Crippen molar-refractivity contribution in [3.05, 3.63) is 35.6 Å². The molecule has 2 aromatic heterocycles. The zero-order valence-electron chi connectivity index (χ0n) is 19.7. The van der Waals surface area contributed by atoms with E-state index in [9.17, 15) is 9.18 Å². The number of amides is 1. The number of likely N-dealkylation sites (tertiary alicyclic amines) is 2. The predicted octanol–water partition coefficient (Wildman–Crippen LogP) is 2.78. The van der Waals surface area contributed by atoms with Crippen LogP contribution in [0, 0.1) is 11.7 Å². The van der Waals surface area contributed by atoms with Crippen LogP contribution in [-0.2, 0) is 16.0 Å². The van der Waals surface area contributed by atoms with Crippen molar-refractivity contribution < 1.29 is 18.4 Å². The number of carbonyl (C=O) groups is 1. The molecular weight excluding hydrogens is 439 g/mol. The van der Waals surface area contributed by atoms with Crippen molar-refractivity contribution in [2.45, 2.75) is 38.5 Å². The number of fused-ring (bicyclic) bond motifs is 1. The van der Waals surface area contributed by atoms with E-state index in [0.717, 1.165) is 63.1 Å². The summed E-state index contributed by atoms with van der Waals surface area (Å²) in [6.07, 6.45) is 3.58. The van der Waals surface area contributed by atoms with Gasteiger partial charge in [-0.25, -0.2) is 4.39 Å². The zero-order valence-corrected chi connectivity index (χ0v) is 19.7. The summed E-state index contributed by atoms with van der Waals surface area (Å²) in [5.74, 6) is 1.27. The number of piperidine rings is 1. The molecule has 10 heteroatoms. The van der Waals surface area contributed by atoms with Crippen LogP contribution < -0.4 is 0 Å². The molecule has 2 aliphatic rings. The van der Waals surface area contributed by atoms with E-state index in [4.69, 9.17) is 9.26 Å².